The third-order valence-electron chi connectivity index (χ3n) is 2.01. The Balaban J connectivity index is 2.60. The van der Waals surface area contributed by atoms with Crippen molar-refractivity contribution in [2.24, 2.45) is 0 Å². The molecule has 0 aliphatic carbocycles. The molecule has 2 nitrogen and oxygen atoms in total. The van der Waals surface area contributed by atoms with Gasteiger partial charge in [-0.2, -0.15) is 0 Å². The van der Waals surface area contributed by atoms with Crippen molar-refractivity contribution in [3.05, 3.63) is 40.4 Å². The Morgan fingerprint density at radius 3 is 2.76 bits per heavy atom. The molecule has 0 saturated carbocycles. The van der Waals surface area contributed by atoms with Crippen molar-refractivity contribution in [2.45, 2.75) is 6.92 Å². The second-order valence-electron chi connectivity index (χ2n) is 3.52. The van der Waals surface area contributed by atoms with Crippen LogP contribution in [-0.4, -0.2) is 19.7 Å². The lowest BCUT2D eigenvalue weighted by molar-refractivity contribution is 0.325. The summed E-state index contributed by atoms with van der Waals surface area (Å²) >= 11 is 3.05. The Labute approximate surface area is 108 Å². The Morgan fingerprint density at radius 2 is 2.18 bits per heavy atom. The molecule has 0 fully saturated rings. The topological polar surface area (TPSA) is 21.3 Å². The molecule has 0 radical (unpaired) electrons. The van der Waals surface area contributed by atoms with Gasteiger partial charge in [0.05, 0.1) is 4.47 Å². The normalized spacial score (nSPS) is 10.4. The van der Waals surface area contributed by atoms with Crippen molar-refractivity contribution >= 4 is 15.9 Å². The van der Waals surface area contributed by atoms with E-state index in [0.717, 1.165) is 24.3 Å². The van der Waals surface area contributed by atoms with Gasteiger partial charge in [-0.3, -0.25) is 0 Å². The first-order chi connectivity index (χ1) is 8.04. The molecule has 0 aliphatic heterocycles. The van der Waals surface area contributed by atoms with E-state index >= 15 is 0 Å². The average molecular weight is 306 g/mol. The van der Waals surface area contributed by atoms with Crippen LogP contribution in [0.15, 0.2) is 28.8 Å². The maximum atomic E-state index is 13.4. The smallest absolute Gasteiger partial charge is 0.169 e. The first-order valence-electron chi connectivity index (χ1n) is 5.19. The third-order valence-corrected chi connectivity index (χ3v) is 2.60. The highest BCUT2D eigenvalue weighted by Gasteiger charge is 2.11. The molecule has 0 aromatic heterocycles. The second kappa shape index (κ2) is 6.71. The minimum absolute atomic E-state index is 0.00375. The van der Waals surface area contributed by atoms with Gasteiger partial charge in [-0.25, -0.2) is 8.78 Å². The van der Waals surface area contributed by atoms with Gasteiger partial charge < -0.3 is 10.1 Å². The van der Waals surface area contributed by atoms with Gasteiger partial charge in [-0.1, -0.05) is 13.5 Å². The largest absolute Gasteiger partial charge is 0.485 e. The van der Waals surface area contributed by atoms with Crippen molar-refractivity contribution in [3.8, 4) is 5.75 Å². The Hall–Kier alpha value is -0.940. The molecular weight excluding hydrogens is 292 g/mol. The molecule has 1 aromatic carbocycles. The second-order valence-corrected chi connectivity index (χ2v) is 4.37. The SMILES string of the molecule is C=C(CNCC)COc1c(F)cc(F)cc1Br. The Morgan fingerprint density at radius 1 is 1.47 bits per heavy atom. The van der Waals surface area contributed by atoms with Gasteiger partial charge in [0, 0.05) is 12.6 Å². The molecule has 94 valence electrons. The summed E-state index contributed by atoms with van der Waals surface area (Å²) in [7, 11) is 0. The zero-order chi connectivity index (χ0) is 12.8. The van der Waals surface area contributed by atoms with E-state index in [1.165, 1.54) is 0 Å². The molecule has 1 rings (SSSR count). The van der Waals surface area contributed by atoms with Crippen molar-refractivity contribution in [1.82, 2.24) is 5.32 Å². The van der Waals surface area contributed by atoms with Crippen LogP contribution >= 0.6 is 15.9 Å². The lowest BCUT2D eigenvalue weighted by Gasteiger charge is -2.11. The predicted molar refractivity (Wildman–Crippen MR) is 67.2 cm³/mol. The molecule has 5 heteroatoms. The number of rotatable bonds is 6. The van der Waals surface area contributed by atoms with Crippen LogP contribution in [0.5, 0.6) is 5.75 Å². The minimum atomic E-state index is -0.729. The van der Waals surface area contributed by atoms with E-state index in [-0.39, 0.29) is 16.8 Å². The maximum Gasteiger partial charge on any atom is 0.169 e. The van der Waals surface area contributed by atoms with E-state index in [2.05, 4.69) is 27.8 Å². The molecule has 1 N–H and O–H groups in total. The van der Waals surface area contributed by atoms with Gasteiger partial charge in [0.2, 0.25) is 0 Å². The van der Waals surface area contributed by atoms with Crippen LogP contribution in [0.1, 0.15) is 6.92 Å². The molecule has 0 unspecified atom stereocenters. The van der Waals surface area contributed by atoms with Crippen LogP contribution in [0.3, 0.4) is 0 Å². The number of hydrogen-bond donors (Lipinski definition) is 1. The molecule has 0 spiro atoms. The van der Waals surface area contributed by atoms with Crippen LogP contribution in [0.2, 0.25) is 0 Å². The fourth-order valence-electron chi connectivity index (χ4n) is 1.19. The first-order valence-corrected chi connectivity index (χ1v) is 5.98. The van der Waals surface area contributed by atoms with Crippen molar-refractivity contribution in [2.75, 3.05) is 19.7 Å². The standard InChI is InChI=1S/C12H14BrF2NO/c1-3-16-6-8(2)7-17-12-10(13)4-9(14)5-11(12)15/h4-5,16H,2-3,6-7H2,1H3. The fraction of sp³-hybridized carbons (Fsp3) is 0.333. The summed E-state index contributed by atoms with van der Waals surface area (Å²) in [5, 5.41) is 3.08. The van der Waals surface area contributed by atoms with Crippen molar-refractivity contribution < 1.29 is 13.5 Å². The van der Waals surface area contributed by atoms with E-state index in [4.69, 9.17) is 4.74 Å². The summed E-state index contributed by atoms with van der Waals surface area (Å²) in [5.74, 6) is -1.37. The zero-order valence-electron chi connectivity index (χ0n) is 9.53. The molecule has 0 aliphatic rings. The maximum absolute atomic E-state index is 13.4. The van der Waals surface area contributed by atoms with E-state index in [0.29, 0.717) is 6.54 Å². The molecule has 0 bridgehead atoms. The quantitative estimate of drug-likeness (QED) is 0.815. The molecule has 0 heterocycles. The summed E-state index contributed by atoms with van der Waals surface area (Å²) in [6, 6.07) is 1.94. The van der Waals surface area contributed by atoms with Gasteiger partial charge >= 0.3 is 0 Å². The lowest BCUT2D eigenvalue weighted by atomic mass is 10.3. The third kappa shape index (κ3) is 4.44. The van der Waals surface area contributed by atoms with Gasteiger partial charge in [-0.05, 0) is 34.1 Å². The number of likely N-dealkylation sites (N-methyl/N-ethyl adjacent to an activating group) is 1. The Kier molecular flexibility index (Phi) is 5.58. The van der Waals surface area contributed by atoms with E-state index < -0.39 is 11.6 Å². The van der Waals surface area contributed by atoms with E-state index in [1.54, 1.807) is 0 Å². The summed E-state index contributed by atoms with van der Waals surface area (Å²) < 4.78 is 31.7. The highest BCUT2D eigenvalue weighted by molar-refractivity contribution is 9.10. The molecule has 1 aromatic rings. The summed E-state index contributed by atoms with van der Waals surface area (Å²) in [6.45, 7) is 7.39. The minimum Gasteiger partial charge on any atom is -0.485 e. The number of benzene rings is 1. The van der Waals surface area contributed by atoms with Crippen LogP contribution in [0.25, 0.3) is 0 Å². The molecule has 0 atom stereocenters. The lowest BCUT2D eigenvalue weighted by Crippen LogP contribution is -2.19. The van der Waals surface area contributed by atoms with Gasteiger partial charge in [-0.15, -0.1) is 0 Å². The number of halogens is 3. The van der Waals surface area contributed by atoms with Crippen LogP contribution < -0.4 is 10.1 Å². The molecule has 0 saturated heterocycles. The summed E-state index contributed by atoms with van der Waals surface area (Å²) in [4.78, 5) is 0. The van der Waals surface area contributed by atoms with Crippen molar-refractivity contribution in [3.63, 3.8) is 0 Å². The summed E-state index contributed by atoms with van der Waals surface area (Å²) in [5.41, 5.74) is 0.794. The van der Waals surface area contributed by atoms with E-state index in [1.807, 2.05) is 6.92 Å². The van der Waals surface area contributed by atoms with Gasteiger partial charge in [0.15, 0.2) is 11.6 Å². The van der Waals surface area contributed by atoms with E-state index in [9.17, 15) is 8.78 Å². The van der Waals surface area contributed by atoms with Gasteiger partial charge in [0.1, 0.15) is 12.4 Å². The zero-order valence-corrected chi connectivity index (χ0v) is 11.1. The molecule has 0 amide bonds. The number of hydrogen-bond acceptors (Lipinski definition) is 2. The highest BCUT2D eigenvalue weighted by Crippen LogP contribution is 2.29. The molecule has 17 heavy (non-hydrogen) atoms. The monoisotopic (exact) mass is 305 g/mol. The molecular formula is C12H14BrF2NO. The summed E-state index contributed by atoms with van der Waals surface area (Å²) in [6.07, 6.45) is 0. The number of nitrogens with one attached hydrogen (secondary N) is 1. The predicted octanol–water partition coefficient (Wildman–Crippen LogP) is 3.27. The Bertz CT molecular complexity index is 386. The van der Waals surface area contributed by atoms with Crippen molar-refractivity contribution in [1.29, 1.82) is 0 Å². The average Bonchev–Trinajstić information content (AvgIpc) is 2.24. The van der Waals surface area contributed by atoms with Gasteiger partial charge in [0.25, 0.3) is 0 Å². The highest BCUT2D eigenvalue weighted by atomic mass is 79.9. The van der Waals surface area contributed by atoms with Crippen LogP contribution in [0.4, 0.5) is 8.78 Å². The fourth-order valence-corrected chi connectivity index (χ4v) is 1.72. The van der Waals surface area contributed by atoms with Crippen LogP contribution in [0, 0.1) is 11.6 Å². The number of ether oxygens (including phenoxy) is 1. The van der Waals surface area contributed by atoms with Crippen LogP contribution in [-0.2, 0) is 0 Å². The first kappa shape index (κ1) is 14.1.